The molecule has 0 aromatic heterocycles. The summed E-state index contributed by atoms with van der Waals surface area (Å²) in [6.07, 6.45) is 2.52. The van der Waals surface area contributed by atoms with Crippen LogP contribution in [0.15, 0.2) is 23.1 Å². The van der Waals surface area contributed by atoms with E-state index in [4.69, 9.17) is 4.74 Å². The van der Waals surface area contributed by atoms with Gasteiger partial charge in [-0.25, -0.2) is 8.42 Å². The third-order valence-electron chi connectivity index (χ3n) is 5.34. The fourth-order valence-electron chi connectivity index (χ4n) is 3.80. The molecule has 1 aliphatic rings. The van der Waals surface area contributed by atoms with Crippen molar-refractivity contribution in [1.29, 1.82) is 0 Å². The molecule has 1 fully saturated rings. The third kappa shape index (κ3) is 5.47. The predicted octanol–water partition coefficient (Wildman–Crippen LogP) is 3.21. The van der Waals surface area contributed by atoms with Gasteiger partial charge in [-0.2, -0.15) is 4.31 Å². The highest BCUT2D eigenvalue weighted by Gasteiger charge is 2.28. The van der Waals surface area contributed by atoms with Crippen LogP contribution in [0.2, 0.25) is 0 Å². The first-order chi connectivity index (χ1) is 13.2. The molecule has 158 valence electrons. The summed E-state index contributed by atoms with van der Waals surface area (Å²) >= 11 is 0. The summed E-state index contributed by atoms with van der Waals surface area (Å²) in [5.74, 6) is 1.29. The quantitative estimate of drug-likeness (QED) is 0.678. The van der Waals surface area contributed by atoms with E-state index in [2.05, 4.69) is 33.0 Å². The lowest BCUT2D eigenvalue weighted by Crippen LogP contribution is -2.42. The Balaban J connectivity index is 2.13. The van der Waals surface area contributed by atoms with E-state index >= 15 is 0 Å². The molecule has 0 bridgehead atoms. The Morgan fingerprint density at radius 3 is 2.29 bits per heavy atom. The number of ether oxygens (including phenoxy) is 1. The first-order valence-corrected chi connectivity index (χ1v) is 11.6. The van der Waals surface area contributed by atoms with Crippen LogP contribution >= 0.6 is 0 Å². The van der Waals surface area contributed by atoms with Gasteiger partial charge in [0.15, 0.2) is 0 Å². The van der Waals surface area contributed by atoms with Crippen molar-refractivity contribution in [2.45, 2.75) is 64.3 Å². The van der Waals surface area contributed by atoms with E-state index in [-0.39, 0.29) is 16.8 Å². The minimum atomic E-state index is -3.49. The molecule has 7 heteroatoms. The SMILES string of the molecule is COc1ccc(S(=O)(=O)N2CCCC2)cc1CCC(=O)NC(C(C)C)C(C)C. The van der Waals surface area contributed by atoms with Crippen LogP contribution in [-0.2, 0) is 21.2 Å². The van der Waals surface area contributed by atoms with Crippen molar-refractivity contribution in [3.05, 3.63) is 23.8 Å². The Bertz CT molecular complexity index is 761. The van der Waals surface area contributed by atoms with Crippen LogP contribution in [0.5, 0.6) is 5.75 Å². The first-order valence-electron chi connectivity index (χ1n) is 10.1. The maximum atomic E-state index is 12.8. The molecule has 6 nitrogen and oxygen atoms in total. The number of hydrogen-bond acceptors (Lipinski definition) is 4. The fourth-order valence-corrected chi connectivity index (χ4v) is 5.37. The number of amides is 1. The third-order valence-corrected chi connectivity index (χ3v) is 7.23. The molecule has 2 rings (SSSR count). The number of benzene rings is 1. The van der Waals surface area contributed by atoms with Gasteiger partial charge in [0.2, 0.25) is 15.9 Å². The van der Waals surface area contributed by atoms with Crippen LogP contribution < -0.4 is 10.1 Å². The molecule has 1 heterocycles. The van der Waals surface area contributed by atoms with Gasteiger partial charge in [0, 0.05) is 25.6 Å². The molecule has 1 amide bonds. The Kier molecular flexibility index (Phi) is 7.89. The fraction of sp³-hybridized carbons (Fsp3) is 0.667. The highest BCUT2D eigenvalue weighted by Crippen LogP contribution is 2.27. The van der Waals surface area contributed by atoms with E-state index in [0.717, 1.165) is 18.4 Å². The van der Waals surface area contributed by atoms with Crippen molar-refractivity contribution >= 4 is 15.9 Å². The number of carbonyl (C=O) groups excluding carboxylic acids is 1. The summed E-state index contributed by atoms with van der Waals surface area (Å²) in [6.45, 7) is 9.53. The van der Waals surface area contributed by atoms with Gasteiger partial charge in [-0.05, 0) is 54.9 Å². The number of carbonyl (C=O) groups is 1. The second-order valence-corrected chi connectivity index (χ2v) is 10.1. The Labute approximate surface area is 169 Å². The zero-order valence-electron chi connectivity index (χ0n) is 17.7. The predicted molar refractivity (Wildman–Crippen MR) is 111 cm³/mol. The van der Waals surface area contributed by atoms with Gasteiger partial charge in [-0.15, -0.1) is 0 Å². The molecule has 0 spiro atoms. The van der Waals surface area contributed by atoms with Crippen molar-refractivity contribution in [2.75, 3.05) is 20.2 Å². The lowest BCUT2D eigenvalue weighted by Gasteiger charge is -2.26. The second-order valence-electron chi connectivity index (χ2n) is 8.17. The standard InChI is InChI=1S/C21H34N2O4S/c1-15(2)21(16(3)4)22-20(24)11-8-17-14-18(9-10-19(17)27-5)28(25,26)23-12-6-7-13-23/h9-10,14-16,21H,6-8,11-13H2,1-5H3,(H,22,24). The zero-order valence-corrected chi connectivity index (χ0v) is 18.5. The second kappa shape index (κ2) is 9.74. The molecule has 28 heavy (non-hydrogen) atoms. The van der Waals surface area contributed by atoms with Crippen molar-refractivity contribution < 1.29 is 17.9 Å². The molecule has 0 unspecified atom stereocenters. The lowest BCUT2D eigenvalue weighted by molar-refractivity contribution is -0.122. The minimum Gasteiger partial charge on any atom is -0.496 e. The summed E-state index contributed by atoms with van der Waals surface area (Å²) in [7, 11) is -1.93. The van der Waals surface area contributed by atoms with E-state index < -0.39 is 10.0 Å². The summed E-state index contributed by atoms with van der Waals surface area (Å²) in [5.41, 5.74) is 0.739. The molecule has 0 radical (unpaired) electrons. The summed E-state index contributed by atoms with van der Waals surface area (Å²) in [5, 5.41) is 3.11. The van der Waals surface area contributed by atoms with Crippen molar-refractivity contribution in [3.8, 4) is 5.75 Å². The van der Waals surface area contributed by atoms with Gasteiger partial charge in [0.05, 0.1) is 12.0 Å². The highest BCUT2D eigenvalue weighted by molar-refractivity contribution is 7.89. The molecular formula is C21H34N2O4S. The molecule has 0 atom stereocenters. The summed E-state index contributed by atoms with van der Waals surface area (Å²) in [4.78, 5) is 12.7. The molecule has 0 saturated carbocycles. The van der Waals surface area contributed by atoms with Crippen LogP contribution in [0.4, 0.5) is 0 Å². The number of hydrogen-bond donors (Lipinski definition) is 1. The van der Waals surface area contributed by atoms with Gasteiger partial charge < -0.3 is 10.1 Å². The Morgan fingerprint density at radius 1 is 1.14 bits per heavy atom. The van der Waals surface area contributed by atoms with Crippen molar-refractivity contribution in [2.24, 2.45) is 11.8 Å². The van der Waals surface area contributed by atoms with Crippen LogP contribution in [-0.4, -0.2) is 44.9 Å². The average molecular weight is 411 g/mol. The molecule has 1 aromatic rings. The molecule has 1 aromatic carbocycles. The van der Waals surface area contributed by atoms with Gasteiger partial charge in [0.25, 0.3) is 0 Å². The molecular weight excluding hydrogens is 376 g/mol. The van der Waals surface area contributed by atoms with Gasteiger partial charge in [0.1, 0.15) is 5.75 Å². The summed E-state index contributed by atoms with van der Waals surface area (Å²) < 4.78 is 32.6. The van der Waals surface area contributed by atoms with E-state index in [1.165, 1.54) is 4.31 Å². The first kappa shape index (κ1) is 22.7. The van der Waals surface area contributed by atoms with Crippen LogP contribution in [0, 0.1) is 11.8 Å². The zero-order chi connectivity index (χ0) is 20.9. The number of rotatable bonds is 9. The van der Waals surface area contributed by atoms with Crippen molar-refractivity contribution in [1.82, 2.24) is 9.62 Å². The van der Waals surface area contributed by atoms with Crippen LogP contribution in [0.25, 0.3) is 0 Å². The smallest absolute Gasteiger partial charge is 0.243 e. The average Bonchev–Trinajstić information content (AvgIpc) is 3.19. The Hall–Kier alpha value is -1.60. The molecule has 1 aliphatic heterocycles. The van der Waals surface area contributed by atoms with Gasteiger partial charge in [-0.1, -0.05) is 27.7 Å². The number of nitrogens with zero attached hydrogens (tertiary/aromatic N) is 1. The van der Waals surface area contributed by atoms with E-state index in [1.54, 1.807) is 25.3 Å². The number of sulfonamides is 1. The molecule has 1 N–H and O–H groups in total. The molecule has 1 saturated heterocycles. The van der Waals surface area contributed by atoms with Gasteiger partial charge in [-0.3, -0.25) is 4.79 Å². The largest absolute Gasteiger partial charge is 0.496 e. The highest BCUT2D eigenvalue weighted by atomic mass is 32.2. The van der Waals surface area contributed by atoms with E-state index in [9.17, 15) is 13.2 Å². The van der Waals surface area contributed by atoms with Gasteiger partial charge >= 0.3 is 0 Å². The maximum Gasteiger partial charge on any atom is 0.243 e. The number of nitrogens with one attached hydrogen (secondary N) is 1. The monoisotopic (exact) mass is 410 g/mol. The summed E-state index contributed by atoms with van der Waals surface area (Å²) in [6, 6.07) is 5.05. The van der Waals surface area contributed by atoms with Crippen molar-refractivity contribution in [3.63, 3.8) is 0 Å². The minimum absolute atomic E-state index is 0.0257. The molecule has 0 aliphatic carbocycles. The Morgan fingerprint density at radius 2 is 1.75 bits per heavy atom. The number of methoxy groups -OCH3 is 1. The van der Waals surface area contributed by atoms with Crippen LogP contribution in [0.3, 0.4) is 0 Å². The van der Waals surface area contributed by atoms with E-state index in [0.29, 0.717) is 43.5 Å². The topological polar surface area (TPSA) is 75.7 Å². The van der Waals surface area contributed by atoms with E-state index in [1.807, 2.05) is 0 Å². The lowest BCUT2D eigenvalue weighted by atomic mass is 9.93. The normalized spacial score (nSPS) is 15.6. The van der Waals surface area contributed by atoms with Crippen LogP contribution in [0.1, 0.15) is 52.5 Å². The maximum absolute atomic E-state index is 12.8. The number of aryl methyl sites for hydroxylation is 1.